The predicted octanol–water partition coefficient (Wildman–Crippen LogP) is 0.991. The van der Waals surface area contributed by atoms with Crippen LogP contribution in [0, 0.1) is 0 Å². The molecule has 0 aliphatic heterocycles. The van der Waals surface area contributed by atoms with E-state index in [0.29, 0.717) is 0 Å². The Morgan fingerprint density at radius 1 is 1.41 bits per heavy atom. The quantitative estimate of drug-likeness (QED) is 0.451. The molecule has 1 aromatic rings. The van der Waals surface area contributed by atoms with Gasteiger partial charge in [0.2, 0.25) is 0 Å². The monoisotopic (exact) mass is 253 g/mol. The lowest BCUT2D eigenvalue weighted by molar-refractivity contribution is -0.139. The van der Waals surface area contributed by atoms with Gasteiger partial charge in [0, 0.05) is 5.75 Å². The van der Waals surface area contributed by atoms with E-state index in [-0.39, 0.29) is 5.75 Å². The number of aliphatic hydroxyl groups excluding tert-OH is 1. The van der Waals surface area contributed by atoms with Gasteiger partial charge in [0.25, 0.3) is 0 Å². The van der Waals surface area contributed by atoms with Crippen LogP contribution < -0.4 is 5.32 Å². The van der Waals surface area contributed by atoms with Gasteiger partial charge in [0.15, 0.2) is 0 Å². The third-order valence-corrected chi connectivity index (χ3v) is 2.49. The highest BCUT2D eigenvalue weighted by atomic mass is 32.1. The molecule has 17 heavy (non-hydrogen) atoms. The number of carbonyl (C=O) groups is 1. The smallest absolute Gasteiger partial charge is 0.321 e. The first-order valence-electron chi connectivity index (χ1n) is 5.14. The molecule has 92 valence electrons. The molecule has 1 aromatic carbocycles. The van der Waals surface area contributed by atoms with Crippen LogP contribution in [0.25, 0.3) is 6.08 Å². The topological polar surface area (TPSA) is 69.6 Å². The van der Waals surface area contributed by atoms with E-state index in [9.17, 15) is 9.90 Å². The van der Waals surface area contributed by atoms with E-state index in [2.05, 4.69) is 17.9 Å². The van der Waals surface area contributed by atoms with Crippen molar-refractivity contribution in [2.24, 2.45) is 0 Å². The molecule has 5 heteroatoms. The molecule has 0 saturated carbocycles. The molecule has 0 spiro atoms. The van der Waals surface area contributed by atoms with Gasteiger partial charge in [-0.05, 0) is 11.6 Å². The lowest BCUT2D eigenvalue weighted by Crippen LogP contribution is -2.43. The SMILES string of the molecule is O=C(O)[C@H](CS)NC(O)C=Cc1ccccc1. The van der Waals surface area contributed by atoms with Crippen LogP contribution in [0.3, 0.4) is 0 Å². The zero-order valence-electron chi connectivity index (χ0n) is 9.15. The summed E-state index contributed by atoms with van der Waals surface area (Å²) in [7, 11) is 0. The van der Waals surface area contributed by atoms with Gasteiger partial charge >= 0.3 is 5.97 Å². The Labute approximate surface area is 105 Å². The van der Waals surface area contributed by atoms with Crippen LogP contribution in [0.5, 0.6) is 0 Å². The normalized spacial score (nSPS) is 14.7. The number of benzene rings is 1. The van der Waals surface area contributed by atoms with Crippen LogP contribution >= 0.6 is 12.6 Å². The second-order valence-corrected chi connectivity index (χ2v) is 3.82. The maximum Gasteiger partial charge on any atom is 0.321 e. The number of thiol groups is 1. The van der Waals surface area contributed by atoms with E-state index >= 15 is 0 Å². The van der Waals surface area contributed by atoms with Crippen molar-refractivity contribution in [1.82, 2.24) is 5.32 Å². The maximum atomic E-state index is 10.7. The number of carboxylic acid groups (broad SMARTS) is 1. The van der Waals surface area contributed by atoms with Crippen molar-refractivity contribution in [2.75, 3.05) is 5.75 Å². The summed E-state index contributed by atoms with van der Waals surface area (Å²) in [6.45, 7) is 0. The first-order chi connectivity index (χ1) is 8.13. The van der Waals surface area contributed by atoms with E-state index in [1.165, 1.54) is 6.08 Å². The molecule has 1 unspecified atom stereocenters. The number of hydrogen-bond donors (Lipinski definition) is 4. The van der Waals surface area contributed by atoms with Gasteiger partial charge in [-0.3, -0.25) is 10.1 Å². The summed E-state index contributed by atoms with van der Waals surface area (Å²) in [5, 5.41) is 20.9. The fourth-order valence-electron chi connectivity index (χ4n) is 1.23. The molecule has 0 aliphatic carbocycles. The lowest BCUT2D eigenvalue weighted by Gasteiger charge is -2.14. The lowest BCUT2D eigenvalue weighted by atomic mass is 10.2. The molecule has 0 radical (unpaired) electrons. The summed E-state index contributed by atoms with van der Waals surface area (Å²) in [4.78, 5) is 10.7. The van der Waals surface area contributed by atoms with Crippen LogP contribution in [-0.2, 0) is 4.79 Å². The van der Waals surface area contributed by atoms with Gasteiger partial charge in [0.1, 0.15) is 12.3 Å². The highest BCUT2D eigenvalue weighted by Crippen LogP contribution is 2.02. The number of rotatable bonds is 6. The Hall–Kier alpha value is -1.30. The minimum Gasteiger partial charge on any atom is -0.480 e. The first kappa shape index (κ1) is 13.8. The number of carboxylic acids is 1. The number of nitrogens with one attached hydrogen (secondary N) is 1. The molecule has 0 aliphatic rings. The molecule has 0 saturated heterocycles. The summed E-state index contributed by atoms with van der Waals surface area (Å²) in [5.74, 6) is -0.918. The van der Waals surface area contributed by atoms with Gasteiger partial charge < -0.3 is 10.2 Å². The first-order valence-corrected chi connectivity index (χ1v) is 5.77. The van der Waals surface area contributed by atoms with Gasteiger partial charge in [-0.1, -0.05) is 36.4 Å². The standard InChI is InChI=1S/C12H15NO3S/c14-11(13-10(8-17)12(15)16)7-6-9-4-2-1-3-5-9/h1-7,10-11,13-14,17H,8H2,(H,15,16)/t10-,11?/m0/s1. The Balaban J connectivity index is 2.52. The highest BCUT2D eigenvalue weighted by molar-refractivity contribution is 7.80. The summed E-state index contributed by atoms with van der Waals surface area (Å²) in [6, 6.07) is 8.56. The minimum absolute atomic E-state index is 0.117. The van der Waals surface area contributed by atoms with Gasteiger partial charge in [-0.25, -0.2) is 0 Å². The van der Waals surface area contributed by atoms with Crippen LogP contribution in [-0.4, -0.2) is 34.2 Å². The van der Waals surface area contributed by atoms with Crippen LogP contribution in [0.15, 0.2) is 36.4 Å². The van der Waals surface area contributed by atoms with Crippen molar-refractivity contribution in [3.05, 3.63) is 42.0 Å². The van der Waals surface area contributed by atoms with E-state index in [1.807, 2.05) is 30.3 Å². The molecule has 3 N–H and O–H groups in total. The minimum atomic E-state index is -1.04. The van der Waals surface area contributed by atoms with Crippen molar-refractivity contribution < 1.29 is 15.0 Å². The summed E-state index contributed by atoms with van der Waals surface area (Å²) < 4.78 is 0. The van der Waals surface area contributed by atoms with Crippen LogP contribution in [0.4, 0.5) is 0 Å². The molecule has 4 nitrogen and oxygen atoms in total. The van der Waals surface area contributed by atoms with E-state index in [4.69, 9.17) is 5.11 Å². The van der Waals surface area contributed by atoms with E-state index < -0.39 is 18.2 Å². The Morgan fingerprint density at radius 2 is 2.06 bits per heavy atom. The molecule has 0 aromatic heterocycles. The largest absolute Gasteiger partial charge is 0.480 e. The van der Waals surface area contributed by atoms with Crippen molar-refractivity contribution in [3.63, 3.8) is 0 Å². The molecular weight excluding hydrogens is 238 g/mol. The van der Waals surface area contributed by atoms with Gasteiger partial charge in [-0.2, -0.15) is 12.6 Å². The van der Waals surface area contributed by atoms with Crippen molar-refractivity contribution in [2.45, 2.75) is 12.3 Å². The summed E-state index contributed by atoms with van der Waals surface area (Å²) in [6.07, 6.45) is 2.20. The second-order valence-electron chi connectivity index (χ2n) is 3.45. The zero-order chi connectivity index (χ0) is 12.7. The van der Waals surface area contributed by atoms with Crippen LogP contribution in [0.2, 0.25) is 0 Å². The number of aliphatic hydroxyl groups is 1. The molecule has 0 heterocycles. The molecule has 0 fully saturated rings. The average Bonchev–Trinajstić information content (AvgIpc) is 2.34. The zero-order valence-corrected chi connectivity index (χ0v) is 10.0. The van der Waals surface area contributed by atoms with Gasteiger partial charge in [0.05, 0.1) is 0 Å². The third kappa shape index (κ3) is 5.04. The van der Waals surface area contributed by atoms with Crippen molar-refractivity contribution in [3.8, 4) is 0 Å². The fraction of sp³-hybridized carbons (Fsp3) is 0.250. The van der Waals surface area contributed by atoms with Gasteiger partial charge in [-0.15, -0.1) is 0 Å². The van der Waals surface area contributed by atoms with Crippen molar-refractivity contribution in [1.29, 1.82) is 0 Å². The summed E-state index contributed by atoms with van der Waals surface area (Å²) in [5.41, 5.74) is 0.936. The van der Waals surface area contributed by atoms with E-state index in [0.717, 1.165) is 5.56 Å². The second kappa shape index (κ2) is 7.11. The van der Waals surface area contributed by atoms with Crippen molar-refractivity contribution >= 4 is 24.7 Å². The third-order valence-electron chi connectivity index (χ3n) is 2.12. The fourth-order valence-corrected chi connectivity index (χ4v) is 1.49. The molecule has 0 bridgehead atoms. The highest BCUT2D eigenvalue weighted by Gasteiger charge is 2.16. The predicted molar refractivity (Wildman–Crippen MR) is 69.9 cm³/mol. The van der Waals surface area contributed by atoms with Crippen LogP contribution in [0.1, 0.15) is 5.56 Å². The Morgan fingerprint density at radius 3 is 2.59 bits per heavy atom. The summed E-state index contributed by atoms with van der Waals surface area (Å²) >= 11 is 3.89. The average molecular weight is 253 g/mol. The number of hydrogen-bond acceptors (Lipinski definition) is 4. The molecule has 1 rings (SSSR count). The maximum absolute atomic E-state index is 10.7. The Kier molecular flexibility index (Phi) is 5.76. The molecule has 2 atom stereocenters. The Bertz CT molecular complexity index is 381. The molecular formula is C12H15NO3S. The number of aliphatic carboxylic acids is 1. The van der Waals surface area contributed by atoms with E-state index in [1.54, 1.807) is 6.08 Å². The molecule has 0 amide bonds.